The van der Waals surface area contributed by atoms with E-state index >= 15 is 0 Å². The van der Waals surface area contributed by atoms with Gasteiger partial charge in [-0.05, 0) is 29.8 Å². The van der Waals surface area contributed by atoms with E-state index in [0.717, 1.165) is 5.01 Å². The highest BCUT2D eigenvalue weighted by Gasteiger charge is 2.35. The number of carbonyl (C=O) groups is 2. The quantitative estimate of drug-likeness (QED) is 0.623. The van der Waals surface area contributed by atoms with Gasteiger partial charge in [-0.3, -0.25) is 9.59 Å². The van der Waals surface area contributed by atoms with Crippen LogP contribution in [0.5, 0.6) is 0 Å². The first kappa shape index (κ1) is 12.8. The summed E-state index contributed by atoms with van der Waals surface area (Å²) >= 11 is 0. The van der Waals surface area contributed by atoms with Crippen LogP contribution in [0.4, 0.5) is 0 Å². The molecular weight excluding hydrogens is 266 g/mol. The van der Waals surface area contributed by atoms with E-state index < -0.39 is 11.8 Å². The highest BCUT2D eigenvalue weighted by Crippen LogP contribution is 2.22. The standard InChI is InChI=1S/C16H9N3O2/c17-9-11-5-7-12(8-6-11)10-18-19-15(20)13-3-1-2-4-14(13)16(19)21/h1-8,10H/b18-10+. The van der Waals surface area contributed by atoms with Gasteiger partial charge in [0.15, 0.2) is 0 Å². The third-order valence-corrected chi connectivity index (χ3v) is 3.13. The number of imide groups is 1. The lowest BCUT2D eigenvalue weighted by molar-refractivity contribution is 0.0660. The number of nitriles is 1. The van der Waals surface area contributed by atoms with Crippen molar-refractivity contribution in [2.45, 2.75) is 0 Å². The minimum atomic E-state index is -0.430. The fourth-order valence-corrected chi connectivity index (χ4v) is 2.05. The van der Waals surface area contributed by atoms with Gasteiger partial charge < -0.3 is 0 Å². The summed E-state index contributed by atoms with van der Waals surface area (Å²) in [6.45, 7) is 0. The third kappa shape index (κ3) is 2.19. The highest BCUT2D eigenvalue weighted by molar-refractivity contribution is 6.21. The second-order valence-corrected chi connectivity index (χ2v) is 4.45. The molecule has 1 aliphatic rings. The molecule has 3 rings (SSSR count). The topological polar surface area (TPSA) is 73.5 Å². The van der Waals surface area contributed by atoms with Gasteiger partial charge in [-0.15, -0.1) is 0 Å². The maximum Gasteiger partial charge on any atom is 0.282 e. The van der Waals surface area contributed by atoms with Crippen molar-refractivity contribution in [3.05, 3.63) is 70.8 Å². The molecule has 0 bridgehead atoms. The van der Waals surface area contributed by atoms with Crippen LogP contribution in [0.15, 0.2) is 53.6 Å². The van der Waals surface area contributed by atoms with Gasteiger partial charge in [-0.2, -0.15) is 15.4 Å². The summed E-state index contributed by atoms with van der Waals surface area (Å²) in [7, 11) is 0. The van der Waals surface area contributed by atoms with Crippen molar-refractivity contribution in [3.63, 3.8) is 0 Å². The molecule has 0 unspecified atom stereocenters. The van der Waals surface area contributed by atoms with Crippen LogP contribution >= 0.6 is 0 Å². The van der Waals surface area contributed by atoms with Crippen LogP contribution < -0.4 is 0 Å². The second-order valence-electron chi connectivity index (χ2n) is 4.45. The number of amides is 2. The number of nitrogens with zero attached hydrogens (tertiary/aromatic N) is 3. The third-order valence-electron chi connectivity index (χ3n) is 3.13. The number of benzene rings is 2. The predicted octanol–water partition coefficient (Wildman–Crippen LogP) is 2.19. The molecule has 0 N–H and O–H groups in total. The predicted molar refractivity (Wildman–Crippen MR) is 75.7 cm³/mol. The smallest absolute Gasteiger partial charge is 0.267 e. The monoisotopic (exact) mass is 275 g/mol. The van der Waals surface area contributed by atoms with Gasteiger partial charge in [0, 0.05) is 0 Å². The van der Waals surface area contributed by atoms with Gasteiger partial charge in [0.1, 0.15) is 0 Å². The van der Waals surface area contributed by atoms with Gasteiger partial charge >= 0.3 is 0 Å². The number of rotatable bonds is 2. The zero-order valence-electron chi connectivity index (χ0n) is 10.9. The average Bonchev–Trinajstić information content (AvgIpc) is 2.78. The lowest BCUT2D eigenvalue weighted by Gasteiger charge is -2.05. The van der Waals surface area contributed by atoms with Crippen molar-refractivity contribution < 1.29 is 9.59 Å². The largest absolute Gasteiger partial charge is 0.282 e. The van der Waals surface area contributed by atoms with Gasteiger partial charge in [0.2, 0.25) is 0 Å². The van der Waals surface area contributed by atoms with E-state index in [1.165, 1.54) is 6.21 Å². The minimum absolute atomic E-state index is 0.361. The first-order valence-electron chi connectivity index (χ1n) is 6.22. The lowest BCUT2D eigenvalue weighted by Crippen LogP contribution is -2.23. The van der Waals surface area contributed by atoms with E-state index in [1.54, 1.807) is 48.5 Å². The fraction of sp³-hybridized carbons (Fsp3) is 0. The van der Waals surface area contributed by atoms with Crippen molar-refractivity contribution >= 4 is 18.0 Å². The molecule has 0 spiro atoms. The molecule has 100 valence electrons. The van der Waals surface area contributed by atoms with Crippen molar-refractivity contribution in [3.8, 4) is 6.07 Å². The summed E-state index contributed by atoms with van der Waals surface area (Å²) in [5.41, 5.74) is 1.96. The summed E-state index contributed by atoms with van der Waals surface area (Å²) < 4.78 is 0. The molecule has 2 aromatic carbocycles. The number of hydrazone groups is 1. The van der Waals surface area contributed by atoms with Crippen molar-refractivity contribution in [1.29, 1.82) is 5.26 Å². The van der Waals surface area contributed by atoms with Crippen LogP contribution in [0.1, 0.15) is 31.8 Å². The van der Waals surface area contributed by atoms with Gasteiger partial charge in [-0.25, -0.2) is 0 Å². The summed E-state index contributed by atoms with van der Waals surface area (Å²) in [5.74, 6) is -0.860. The molecule has 0 saturated carbocycles. The maximum atomic E-state index is 12.1. The molecule has 0 aliphatic carbocycles. The Hall–Kier alpha value is -3.26. The molecule has 0 saturated heterocycles. The molecule has 1 heterocycles. The highest BCUT2D eigenvalue weighted by atomic mass is 16.2. The van der Waals surface area contributed by atoms with E-state index in [0.29, 0.717) is 22.3 Å². The van der Waals surface area contributed by atoms with Crippen LogP contribution in [-0.2, 0) is 0 Å². The maximum absolute atomic E-state index is 12.1. The molecule has 0 radical (unpaired) electrons. The van der Waals surface area contributed by atoms with Gasteiger partial charge in [-0.1, -0.05) is 24.3 Å². The van der Waals surface area contributed by atoms with Crippen molar-refractivity contribution in [2.75, 3.05) is 0 Å². The normalized spacial score (nSPS) is 13.6. The second kappa shape index (κ2) is 5.02. The Labute approximate surface area is 120 Å². The molecule has 1 aliphatic heterocycles. The lowest BCUT2D eigenvalue weighted by atomic mass is 10.1. The summed E-state index contributed by atoms with van der Waals surface area (Å²) in [6.07, 6.45) is 1.42. The van der Waals surface area contributed by atoms with Gasteiger partial charge in [0.05, 0.1) is 29.0 Å². The zero-order chi connectivity index (χ0) is 14.8. The molecule has 2 amide bonds. The van der Waals surface area contributed by atoms with E-state index in [4.69, 9.17) is 5.26 Å². The molecule has 0 atom stereocenters. The fourth-order valence-electron chi connectivity index (χ4n) is 2.05. The number of carbonyl (C=O) groups excluding carboxylic acids is 2. The Kier molecular flexibility index (Phi) is 3.05. The SMILES string of the molecule is N#Cc1ccc(/C=N/N2C(=O)c3ccccc3C2=O)cc1. The summed E-state index contributed by atoms with van der Waals surface area (Å²) in [5, 5.41) is 13.5. The molecule has 2 aromatic rings. The van der Waals surface area contributed by atoms with Crippen LogP contribution in [0.3, 0.4) is 0 Å². The number of hydrogen-bond donors (Lipinski definition) is 0. The first-order valence-corrected chi connectivity index (χ1v) is 6.22. The van der Waals surface area contributed by atoms with Crippen molar-refractivity contribution in [2.24, 2.45) is 5.10 Å². The average molecular weight is 275 g/mol. The molecule has 0 aromatic heterocycles. The molecule has 0 fully saturated rings. The molecule has 21 heavy (non-hydrogen) atoms. The van der Waals surface area contributed by atoms with E-state index in [2.05, 4.69) is 5.10 Å². The Bertz CT molecular complexity index is 766. The van der Waals surface area contributed by atoms with E-state index in [9.17, 15) is 9.59 Å². The van der Waals surface area contributed by atoms with Crippen LogP contribution in [0, 0.1) is 11.3 Å². The van der Waals surface area contributed by atoms with Crippen LogP contribution in [-0.4, -0.2) is 23.0 Å². The van der Waals surface area contributed by atoms with E-state index in [1.807, 2.05) is 6.07 Å². The minimum Gasteiger partial charge on any atom is -0.267 e. The van der Waals surface area contributed by atoms with E-state index in [-0.39, 0.29) is 0 Å². The molecular formula is C16H9N3O2. The number of fused-ring (bicyclic) bond motifs is 1. The molecule has 5 nitrogen and oxygen atoms in total. The number of hydrogen-bond acceptors (Lipinski definition) is 4. The summed E-state index contributed by atoms with van der Waals surface area (Å²) in [6, 6.07) is 15.3. The Morgan fingerprint density at radius 1 is 0.952 bits per heavy atom. The van der Waals surface area contributed by atoms with Crippen molar-refractivity contribution in [1.82, 2.24) is 5.01 Å². The first-order chi connectivity index (χ1) is 10.2. The Balaban J connectivity index is 1.86. The summed E-state index contributed by atoms with van der Waals surface area (Å²) in [4.78, 5) is 24.2. The van der Waals surface area contributed by atoms with Crippen LogP contribution in [0.25, 0.3) is 0 Å². The molecule has 5 heteroatoms. The Morgan fingerprint density at radius 3 is 2.05 bits per heavy atom. The Morgan fingerprint density at radius 2 is 1.52 bits per heavy atom. The van der Waals surface area contributed by atoms with Crippen LogP contribution in [0.2, 0.25) is 0 Å². The zero-order valence-corrected chi connectivity index (χ0v) is 10.9. The van der Waals surface area contributed by atoms with Gasteiger partial charge in [0.25, 0.3) is 11.8 Å².